The summed E-state index contributed by atoms with van der Waals surface area (Å²) >= 11 is 0. The Labute approximate surface area is 513 Å². The fourth-order valence-electron chi connectivity index (χ4n) is 12.0. The van der Waals surface area contributed by atoms with Crippen LogP contribution < -0.4 is 5.32 Å². The predicted octanol–water partition coefficient (Wildman–Crippen LogP) is 14.3. The number of allylic oxidation sites excluding steroid dienone is 3. The van der Waals surface area contributed by atoms with E-state index >= 15 is 0 Å². The molecule has 0 spiro atoms. The third kappa shape index (κ3) is 39.5. The number of ether oxygens (including phenoxy) is 4. The molecule has 2 saturated heterocycles. The molecule has 12 unspecified atom stereocenters. The zero-order chi connectivity index (χ0) is 60.9. The summed E-state index contributed by atoms with van der Waals surface area (Å²) in [5.41, 5.74) is 0. The Morgan fingerprint density at radius 2 is 0.762 bits per heavy atom. The average molecular weight is 1200 g/mol. The molecule has 2 aliphatic heterocycles. The molecule has 0 aliphatic carbocycles. The molecule has 2 aliphatic rings. The molecule has 0 aromatic rings. The molecule has 2 rings (SSSR count). The second-order valence-corrected chi connectivity index (χ2v) is 25.4. The summed E-state index contributed by atoms with van der Waals surface area (Å²) in [6, 6.07) is -0.929. The van der Waals surface area contributed by atoms with E-state index in [1.165, 1.54) is 257 Å². The summed E-state index contributed by atoms with van der Waals surface area (Å²) in [5.74, 6) is -0.241. The maximum Gasteiger partial charge on any atom is 0.220 e. The lowest BCUT2D eigenvalue weighted by Gasteiger charge is -2.46. The van der Waals surface area contributed by atoms with Gasteiger partial charge in [-0.2, -0.15) is 0 Å². The average Bonchev–Trinajstić information content (AvgIpc) is 3.62. The van der Waals surface area contributed by atoms with Gasteiger partial charge in [0.2, 0.25) is 5.91 Å². The zero-order valence-electron chi connectivity index (χ0n) is 53.9. The number of carbonyl (C=O) groups excluding carboxylic acids is 1. The molecule has 0 bridgehead atoms. The Morgan fingerprint density at radius 3 is 1.17 bits per heavy atom. The minimum atomic E-state index is -1.79. The molecular weight excluding hydrogens is 1060 g/mol. The van der Waals surface area contributed by atoms with Crippen molar-refractivity contribution in [3.63, 3.8) is 0 Å². The van der Waals surface area contributed by atoms with Crippen molar-refractivity contribution in [3.8, 4) is 0 Å². The van der Waals surface area contributed by atoms with Gasteiger partial charge in [0, 0.05) is 6.42 Å². The molecule has 496 valence electrons. The van der Waals surface area contributed by atoms with Crippen LogP contribution >= 0.6 is 0 Å². The van der Waals surface area contributed by atoms with Crippen molar-refractivity contribution < 1.29 is 64.6 Å². The van der Waals surface area contributed by atoms with Crippen molar-refractivity contribution in [1.29, 1.82) is 0 Å². The topological polar surface area (TPSA) is 228 Å². The number of hydrogen-bond donors (Lipinski definition) is 9. The van der Waals surface area contributed by atoms with Crippen molar-refractivity contribution in [2.24, 2.45) is 0 Å². The molecule has 9 N–H and O–H groups in total. The van der Waals surface area contributed by atoms with Gasteiger partial charge in [-0.25, -0.2) is 0 Å². The van der Waals surface area contributed by atoms with E-state index < -0.39 is 86.8 Å². The van der Waals surface area contributed by atoms with Crippen LogP contribution in [0.25, 0.3) is 0 Å². The second kappa shape index (κ2) is 55.5. The lowest BCUT2D eigenvalue weighted by atomic mass is 9.97. The van der Waals surface area contributed by atoms with E-state index in [9.17, 15) is 45.6 Å². The Bertz CT molecular complexity index is 1500. The number of aliphatic hydroxyl groups excluding tert-OH is 8. The van der Waals surface area contributed by atoms with E-state index in [1.807, 2.05) is 6.08 Å². The Hall–Kier alpha value is -1.53. The van der Waals surface area contributed by atoms with Gasteiger partial charge in [-0.05, 0) is 32.1 Å². The Morgan fingerprint density at radius 1 is 0.417 bits per heavy atom. The molecule has 2 fully saturated rings. The molecule has 12 atom stereocenters. The fraction of sp³-hybridized carbons (Fsp3) is 0.929. The largest absolute Gasteiger partial charge is 0.394 e. The Balaban J connectivity index is 1.68. The van der Waals surface area contributed by atoms with Crippen LogP contribution in [-0.2, 0) is 23.7 Å². The first-order valence-electron chi connectivity index (χ1n) is 35.6. The molecule has 0 saturated carbocycles. The Kier molecular flexibility index (Phi) is 51.9. The summed E-state index contributed by atoms with van der Waals surface area (Å²) in [6.45, 7) is 2.84. The van der Waals surface area contributed by atoms with Gasteiger partial charge >= 0.3 is 0 Å². The van der Waals surface area contributed by atoms with Crippen LogP contribution in [0.3, 0.4) is 0 Å². The predicted molar refractivity (Wildman–Crippen MR) is 342 cm³/mol. The number of nitrogens with one attached hydrogen (secondary N) is 1. The molecule has 14 nitrogen and oxygen atoms in total. The zero-order valence-corrected chi connectivity index (χ0v) is 53.9. The van der Waals surface area contributed by atoms with E-state index in [0.29, 0.717) is 12.8 Å². The van der Waals surface area contributed by atoms with Gasteiger partial charge in [-0.3, -0.25) is 4.79 Å². The third-order valence-corrected chi connectivity index (χ3v) is 17.6. The molecule has 0 radical (unpaired) electrons. The van der Waals surface area contributed by atoms with Crippen LogP contribution in [0, 0.1) is 0 Å². The van der Waals surface area contributed by atoms with E-state index in [4.69, 9.17) is 18.9 Å². The highest BCUT2D eigenvalue weighted by Gasteiger charge is 2.51. The van der Waals surface area contributed by atoms with Crippen molar-refractivity contribution in [2.45, 2.75) is 396 Å². The highest BCUT2D eigenvalue weighted by atomic mass is 16.7. The monoisotopic (exact) mass is 1200 g/mol. The molecule has 2 heterocycles. The van der Waals surface area contributed by atoms with E-state index in [-0.39, 0.29) is 18.9 Å². The number of aliphatic hydroxyl groups is 8. The van der Waals surface area contributed by atoms with Crippen LogP contribution in [0.5, 0.6) is 0 Å². The second-order valence-electron chi connectivity index (χ2n) is 25.4. The molecule has 0 aromatic heterocycles. The maximum atomic E-state index is 13.3. The number of hydrogen-bond acceptors (Lipinski definition) is 13. The lowest BCUT2D eigenvalue weighted by Crippen LogP contribution is -2.65. The number of unbranched alkanes of at least 4 members (excludes halogenated alkanes) is 44. The molecular formula is C70H133NO13. The number of amides is 1. The quantitative estimate of drug-likeness (QED) is 0.0204. The summed E-state index contributed by atoms with van der Waals surface area (Å²) in [6.07, 6.45) is 52.4. The first-order chi connectivity index (χ1) is 41.1. The molecule has 14 heteroatoms. The van der Waals surface area contributed by atoms with E-state index in [0.717, 1.165) is 32.1 Å². The summed E-state index contributed by atoms with van der Waals surface area (Å²) in [7, 11) is 0. The van der Waals surface area contributed by atoms with Gasteiger partial charge < -0.3 is 65.1 Å². The highest BCUT2D eigenvalue weighted by Crippen LogP contribution is 2.30. The van der Waals surface area contributed by atoms with E-state index in [2.05, 4.69) is 31.3 Å². The SMILES string of the molecule is CCCCCCCCCCCCCCCCCC/C=C/CC/C=C/C(O)C(COC1OC(CO)C(OC2OC(CO)C(O)C(O)C2O)C(O)C1O)NC(=O)CCCCCCCCCCCCCCCCCCCCCCCCCCCCCC. The van der Waals surface area contributed by atoms with Crippen molar-refractivity contribution >= 4 is 5.91 Å². The lowest BCUT2D eigenvalue weighted by molar-refractivity contribution is -0.359. The number of carbonyl (C=O) groups is 1. The fourth-order valence-corrected chi connectivity index (χ4v) is 12.0. The van der Waals surface area contributed by atoms with Gasteiger partial charge in [0.25, 0.3) is 0 Å². The first kappa shape index (κ1) is 78.6. The highest BCUT2D eigenvalue weighted by molar-refractivity contribution is 5.76. The van der Waals surface area contributed by atoms with Gasteiger partial charge in [0.1, 0.15) is 48.8 Å². The smallest absolute Gasteiger partial charge is 0.220 e. The summed E-state index contributed by atoms with van der Waals surface area (Å²) in [5, 5.41) is 87.4. The van der Waals surface area contributed by atoms with Crippen LogP contribution in [0.15, 0.2) is 24.3 Å². The number of rotatable bonds is 59. The van der Waals surface area contributed by atoms with Crippen LogP contribution in [0.1, 0.15) is 322 Å². The third-order valence-electron chi connectivity index (χ3n) is 17.6. The van der Waals surface area contributed by atoms with Crippen LogP contribution in [-0.4, -0.2) is 140 Å². The van der Waals surface area contributed by atoms with Crippen molar-refractivity contribution in [3.05, 3.63) is 24.3 Å². The minimum absolute atomic E-state index is 0.241. The molecule has 0 aromatic carbocycles. The first-order valence-corrected chi connectivity index (χ1v) is 35.6. The molecule has 1 amide bonds. The van der Waals surface area contributed by atoms with Gasteiger partial charge in [0.05, 0.1) is 32.0 Å². The van der Waals surface area contributed by atoms with Gasteiger partial charge in [0.15, 0.2) is 12.6 Å². The van der Waals surface area contributed by atoms with Crippen LogP contribution in [0.4, 0.5) is 0 Å². The summed E-state index contributed by atoms with van der Waals surface area (Å²) in [4.78, 5) is 13.3. The van der Waals surface area contributed by atoms with Gasteiger partial charge in [-0.1, -0.05) is 308 Å². The van der Waals surface area contributed by atoms with Crippen molar-refractivity contribution in [2.75, 3.05) is 19.8 Å². The maximum absolute atomic E-state index is 13.3. The van der Waals surface area contributed by atoms with Gasteiger partial charge in [-0.15, -0.1) is 0 Å². The molecule has 84 heavy (non-hydrogen) atoms. The minimum Gasteiger partial charge on any atom is -0.394 e. The standard InChI is InChI=1S/C70H133NO13/c1-3-5-7-9-11-13-15-17-19-21-23-25-27-28-29-30-31-32-34-36-38-40-42-44-46-48-50-52-54-62(75)71-58(57-81-69-67(80)65(78)68(61(56-73)83-69)84-70-66(79)64(77)63(76)60(55-72)82-70)59(74)53-51-49-47-45-43-41-39-37-35-33-26-24-22-20-18-16-14-12-10-8-6-4-2/h43,45,51,53,58-61,63-70,72-74,76-80H,3-42,44,46-50,52,54-57H2,1-2H3,(H,71,75)/b45-43+,53-51+. The van der Waals surface area contributed by atoms with Crippen LogP contribution in [0.2, 0.25) is 0 Å². The normalized spacial score (nSPS) is 23.7. The summed E-state index contributed by atoms with van der Waals surface area (Å²) < 4.78 is 22.8. The van der Waals surface area contributed by atoms with E-state index in [1.54, 1.807) is 6.08 Å². The van der Waals surface area contributed by atoms with Crippen molar-refractivity contribution in [1.82, 2.24) is 5.32 Å².